The second kappa shape index (κ2) is 41.2. The van der Waals surface area contributed by atoms with Crippen molar-refractivity contribution < 1.29 is 117 Å². The molecule has 0 saturated carbocycles. The number of ether oxygens (including phenoxy) is 5. The van der Waals surface area contributed by atoms with E-state index in [2.05, 4.69) is 22.2 Å². The van der Waals surface area contributed by atoms with Crippen LogP contribution in [0.4, 0.5) is 0 Å². The van der Waals surface area contributed by atoms with Crippen LogP contribution in [-0.2, 0) is 52.8 Å². The Bertz CT molecular complexity index is 844. The third-order valence-corrected chi connectivity index (χ3v) is 8.76. The molecule has 17 heteroatoms. The van der Waals surface area contributed by atoms with Crippen molar-refractivity contribution in [3.63, 3.8) is 0 Å². The molecule has 0 rings (SSSR count). The van der Waals surface area contributed by atoms with E-state index in [1.807, 2.05) is 0 Å². The maximum absolute atomic E-state index is 10.5. The monoisotopic (exact) mass is 794 g/mol. The van der Waals surface area contributed by atoms with Gasteiger partial charge >= 0.3 is 59.1 Å². The van der Waals surface area contributed by atoms with Crippen LogP contribution in [0.25, 0.3) is 0 Å². The summed E-state index contributed by atoms with van der Waals surface area (Å²) in [5, 5.41) is 0. The topological polar surface area (TPSA) is 179 Å². The largest absolute Gasteiger partial charge is 1.00 e. The van der Waals surface area contributed by atoms with E-state index in [0.717, 1.165) is 38.5 Å². The molecular weight excluding hydrogens is 726 g/mol. The number of hydrogen-bond donors (Lipinski definition) is 0. The van der Waals surface area contributed by atoms with Crippen molar-refractivity contribution >= 4 is 20.8 Å². The van der Waals surface area contributed by atoms with Crippen LogP contribution < -0.4 is 59.1 Å². The quantitative estimate of drug-likeness (QED) is 0.0365. The smallest absolute Gasteiger partial charge is 0.726 e. The molecule has 0 aliphatic carbocycles. The second-order valence-electron chi connectivity index (χ2n) is 12.4. The fourth-order valence-electron chi connectivity index (χ4n) is 5.17. The molecule has 51 heavy (non-hydrogen) atoms. The Labute approximate surface area is 355 Å². The van der Waals surface area contributed by atoms with Crippen LogP contribution >= 0.6 is 0 Å². The molecule has 296 valence electrons. The van der Waals surface area contributed by atoms with Crippen LogP contribution in [0.5, 0.6) is 0 Å². The van der Waals surface area contributed by atoms with E-state index in [9.17, 15) is 25.9 Å². The van der Waals surface area contributed by atoms with Crippen molar-refractivity contribution in [3.05, 3.63) is 0 Å². The van der Waals surface area contributed by atoms with Gasteiger partial charge in [0.05, 0.1) is 65.1 Å². The Hall–Kier alpha value is 1.54. The maximum Gasteiger partial charge on any atom is 1.00 e. The normalized spacial score (nSPS) is 13.1. The van der Waals surface area contributed by atoms with Crippen LogP contribution in [0, 0.1) is 0 Å². The summed E-state index contributed by atoms with van der Waals surface area (Å²) in [6.45, 7) is 6.82. The molecule has 0 N–H and O–H groups in total. The summed E-state index contributed by atoms with van der Waals surface area (Å²) in [6.07, 6.45) is 21.7. The Morgan fingerprint density at radius 3 is 1.08 bits per heavy atom. The molecule has 13 nitrogen and oxygen atoms in total. The Morgan fingerprint density at radius 1 is 0.412 bits per heavy atom. The maximum atomic E-state index is 10.5. The molecule has 0 spiro atoms. The van der Waals surface area contributed by atoms with Crippen LogP contribution in [0.1, 0.15) is 142 Å². The van der Waals surface area contributed by atoms with E-state index in [0.29, 0.717) is 39.6 Å². The molecule has 0 fully saturated rings. The van der Waals surface area contributed by atoms with Crippen molar-refractivity contribution in [2.75, 3.05) is 66.1 Å². The van der Waals surface area contributed by atoms with Crippen molar-refractivity contribution in [1.29, 1.82) is 0 Å². The standard InChI is InChI=1S/C34H70O13S2.2Na/c1-3-5-7-9-11-13-15-17-21-33(44-29-27-41-23-19-25-46-48(35,36)37)31-43-32-34(22-18-16-14-12-10-8-6-4-2)45-30-28-42-24-20-26-47-49(38,39)40;;/h33-34H,3-32H2,1-2H3,(H,35,36,37)(H,38,39,40);;/q;2*+1/p-2. The van der Waals surface area contributed by atoms with Crippen molar-refractivity contribution in [2.45, 2.75) is 154 Å². The van der Waals surface area contributed by atoms with Gasteiger partial charge in [0.2, 0.25) is 20.8 Å². The summed E-state index contributed by atoms with van der Waals surface area (Å²) in [5.41, 5.74) is 0. The minimum absolute atomic E-state index is 0. The van der Waals surface area contributed by atoms with Gasteiger partial charge in [-0.15, -0.1) is 0 Å². The molecule has 0 aromatic rings. The molecule has 0 aromatic carbocycles. The zero-order chi connectivity index (χ0) is 36.3. The van der Waals surface area contributed by atoms with Gasteiger partial charge < -0.3 is 32.8 Å². The van der Waals surface area contributed by atoms with Gasteiger partial charge in [0, 0.05) is 13.2 Å². The summed E-state index contributed by atoms with van der Waals surface area (Å²) in [4.78, 5) is 0. The third-order valence-electron chi connectivity index (χ3n) is 7.85. The van der Waals surface area contributed by atoms with Gasteiger partial charge in [-0.05, 0) is 25.7 Å². The van der Waals surface area contributed by atoms with Gasteiger partial charge in [0.15, 0.2) is 0 Å². The van der Waals surface area contributed by atoms with Gasteiger partial charge in [-0.2, -0.15) is 0 Å². The summed E-state index contributed by atoms with van der Waals surface area (Å²) in [7, 11) is -9.37. The second-order valence-corrected chi connectivity index (χ2v) is 14.5. The van der Waals surface area contributed by atoms with Gasteiger partial charge in [0.1, 0.15) is 0 Å². The third kappa shape index (κ3) is 47.6. The molecule has 0 bridgehead atoms. The molecule has 0 aliphatic heterocycles. The Kier molecular flexibility index (Phi) is 45.9. The molecule has 0 amide bonds. The number of hydrogen-bond acceptors (Lipinski definition) is 13. The summed E-state index contributed by atoms with van der Waals surface area (Å²) < 4.78 is 101. The average Bonchev–Trinajstić information content (AvgIpc) is 3.04. The van der Waals surface area contributed by atoms with E-state index < -0.39 is 20.8 Å². The zero-order valence-corrected chi connectivity index (χ0v) is 38.1. The first-order valence-electron chi connectivity index (χ1n) is 18.7. The first kappa shape index (κ1) is 56.9. The minimum Gasteiger partial charge on any atom is -0.726 e. The molecule has 2 atom stereocenters. The predicted molar refractivity (Wildman–Crippen MR) is 187 cm³/mol. The number of rotatable bonds is 40. The molecular formula is C34H68Na2O13S2. The summed E-state index contributed by atoms with van der Waals surface area (Å²) in [5.74, 6) is 0. The summed E-state index contributed by atoms with van der Waals surface area (Å²) >= 11 is 0. The van der Waals surface area contributed by atoms with Crippen LogP contribution in [0.2, 0.25) is 0 Å². The van der Waals surface area contributed by atoms with E-state index in [-0.39, 0.29) is 111 Å². The van der Waals surface area contributed by atoms with E-state index in [4.69, 9.17) is 23.7 Å². The fraction of sp³-hybridized carbons (Fsp3) is 1.00. The van der Waals surface area contributed by atoms with Crippen molar-refractivity contribution in [3.8, 4) is 0 Å². The minimum atomic E-state index is -4.68. The van der Waals surface area contributed by atoms with Crippen LogP contribution in [-0.4, -0.2) is 104 Å². The van der Waals surface area contributed by atoms with Gasteiger partial charge in [-0.1, -0.05) is 117 Å². The fourth-order valence-corrected chi connectivity index (χ4v) is 5.81. The van der Waals surface area contributed by atoms with E-state index in [1.165, 1.54) is 77.0 Å². The number of unbranched alkanes of at least 4 members (excludes halogenated alkanes) is 14. The Balaban J connectivity index is -0.0000115. The zero-order valence-electron chi connectivity index (χ0n) is 32.5. The molecule has 0 heterocycles. The van der Waals surface area contributed by atoms with Gasteiger partial charge in [-0.25, -0.2) is 16.8 Å². The Morgan fingerprint density at radius 2 is 0.745 bits per heavy atom. The first-order chi connectivity index (χ1) is 23.6. The molecule has 2 unspecified atom stereocenters. The van der Waals surface area contributed by atoms with Gasteiger partial charge in [-0.3, -0.25) is 8.37 Å². The van der Waals surface area contributed by atoms with Crippen LogP contribution in [0.3, 0.4) is 0 Å². The first-order valence-corrected chi connectivity index (χ1v) is 21.4. The average molecular weight is 795 g/mol. The molecule has 0 radical (unpaired) electrons. The molecule has 0 saturated heterocycles. The summed E-state index contributed by atoms with van der Waals surface area (Å²) in [6, 6.07) is 0. The molecule has 0 aromatic heterocycles. The van der Waals surface area contributed by atoms with Crippen molar-refractivity contribution in [2.24, 2.45) is 0 Å². The molecule has 0 aliphatic rings. The van der Waals surface area contributed by atoms with Gasteiger partial charge in [0.25, 0.3) is 0 Å². The van der Waals surface area contributed by atoms with Crippen LogP contribution in [0.15, 0.2) is 0 Å². The van der Waals surface area contributed by atoms with E-state index >= 15 is 0 Å². The SMILES string of the molecule is CCCCCCCCCCC(COCC(CCCCCCCCCC)OCCOCCCOS(=O)(=O)[O-])OCCOCCCOS(=O)(=O)[O-].[Na+].[Na+]. The predicted octanol–water partition coefficient (Wildman–Crippen LogP) is 0.610. The van der Waals surface area contributed by atoms with Crippen molar-refractivity contribution in [1.82, 2.24) is 0 Å². The van der Waals surface area contributed by atoms with E-state index in [1.54, 1.807) is 0 Å².